The molecule has 7 heteroatoms. The van der Waals surface area contributed by atoms with Crippen LogP contribution < -0.4 is 25.4 Å². The van der Waals surface area contributed by atoms with E-state index in [9.17, 15) is 9.59 Å². The summed E-state index contributed by atoms with van der Waals surface area (Å²) in [5.74, 6) is 0.972. The molecule has 1 aliphatic rings. The van der Waals surface area contributed by atoms with Crippen LogP contribution in [0.3, 0.4) is 0 Å². The summed E-state index contributed by atoms with van der Waals surface area (Å²) in [6.07, 6.45) is 0. The number of benzene rings is 1. The minimum Gasteiger partial charge on any atom is -0.493 e. The van der Waals surface area contributed by atoms with Crippen LogP contribution in [-0.2, 0) is 16.1 Å². The normalized spacial score (nSPS) is 13.8. The van der Waals surface area contributed by atoms with Crippen LogP contribution in [0.2, 0.25) is 0 Å². The lowest BCUT2D eigenvalue weighted by atomic mass is 10.0. The Morgan fingerprint density at radius 1 is 1.26 bits per heavy atom. The molecule has 0 bridgehead atoms. The van der Waals surface area contributed by atoms with Crippen LogP contribution in [0.4, 0.5) is 0 Å². The van der Waals surface area contributed by atoms with Crippen molar-refractivity contribution in [3.8, 4) is 11.5 Å². The topological polar surface area (TPSA) is 88.7 Å². The summed E-state index contributed by atoms with van der Waals surface area (Å²) in [5.41, 5.74) is 0.910. The Labute approximate surface area is 135 Å². The van der Waals surface area contributed by atoms with Gasteiger partial charge in [0.05, 0.1) is 13.0 Å². The lowest BCUT2D eigenvalue weighted by Gasteiger charge is -2.25. The molecular weight excluding hydrogens is 298 g/mol. The van der Waals surface area contributed by atoms with Gasteiger partial charge in [-0.3, -0.25) is 9.59 Å². The molecule has 126 valence electrons. The molecule has 1 aliphatic heterocycles. The highest BCUT2D eigenvalue weighted by atomic mass is 16.5. The van der Waals surface area contributed by atoms with Crippen molar-refractivity contribution in [1.29, 1.82) is 0 Å². The molecule has 3 N–H and O–H groups in total. The van der Waals surface area contributed by atoms with Gasteiger partial charge in [-0.15, -0.1) is 0 Å². The van der Waals surface area contributed by atoms with Gasteiger partial charge in [0.2, 0.25) is 5.91 Å². The number of hydrogen-bond acceptors (Lipinski definition) is 5. The van der Waals surface area contributed by atoms with Gasteiger partial charge in [0.1, 0.15) is 0 Å². The molecule has 1 aromatic carbocycles. The zero-order valence-corrected chi connectivity index (χ0v) is 13.5. The van der Waals surface area contributed by atoms with Crippen molar-refractivity contribution in [2.75, 3.05) is 33.4 Å². The number of likely N-dealkylation sites (N-methyl/N-ethyl adjacent to an activating group) is 1. The molecule has 1 saturated heterocycles. The first-order valence-corrected chi connectivity index (χ1v) is 7.69. The first-order valence-electron chi connectivity index (χ1n) is 7.69. The minimum absolute atomic E-state index is 0.0549. The van der Waals surface area contributed by atoms with E-state index in [1.807, 2.05) is 13.0 Å². The molecule has 2 rings (SSSR count). The van der Waals surface area contributed by atoms with E-state index >= 15 is 0 Å². The number of amides is 2. The molecule has 0 aromatic heterocycles. The van der Waals surface area contributed by atoms with Crippen molar-refractivity contribution in [1.82, 2.24) is 16.0 Å². The maximum atomic E-state index is 11.8. The van der Waals surface area contributed by atoms with E-state index in [0.717, 1.165) is 18.7 Å². The fourth-order valence-corrected chi connectivity index (χ4v) is 2.14. The summed E-state index contributed by atoms with van der Waals surface area (Å²) < 4.78 is 10.7. The van der Waals surface area contributed by atoms with Crippen LogP contribution in [0.1, 0.15) is 12.5 Å². The van der Waals surface area contributed by atoms with Crippen LogP contribution in [-0.4, -0.2) is 45.2 Å². The maximum Gasteiger partial charge on any atom is 0.257 e. The molecule has 0 atom stereocenters. The van der Waals surface area contributed by atoms with E-state index in [0.29, 0.717) is 24.6 Å². The first kappa shape index (κ1) is 17.1. The Kier molecular flexibility index (Phi) is 6.22. The molecule has 1 heterocycles. The van der Waals surface area contributed by atoms with Gasteiger partial charge in [-0.2, -0.15) is 0 Å². The number of carbonyl (C=O) groups is 2. The summed E-state index contributed by atoms with van der Waals surface area (Å²) in [6, 6.07) is 5.38. The number of methoxy groups -OCH3 is 1. The average Bonchev–Trinajstić information content (AvgIpc) is 2.49. The third-order valence-electron chi connectivity index (χ3n) is 3.58. The largest absolute Gasteiger partial charge is 0.493 e. The third-order valence-corrected chi connectivity index (χ3v) is 3.58. The molecule has 0 saturated carbocycles. The van der Waals surface area contributed by atoms with Crippen LogP contribution in [0.25, 0.3) is 0 Å². The van der Waals surface area contributed by atoms with Crippen LogP contribution in [0.15, 0.2) is 18.2 Å². The molecule has 0 spiro atoms. The van der Waals surface area contributed by atoms with Gasteiger partial charge in [0, 0.05) is 26.2 Å². The second-order valence-electron chi connectivity index (χ2n) is 5.30. The molecule has 2 amide bonds. The number of nitrogens with one attached hydrogen (secondary N) is 3. The molecule has 0 aliphatic carbocycles. The van der Waals surface area contributed by atoms with Crippen LogP contribution >= 0.6 is 0 Å². The van der Waals surface area contributed by atoms with E-state index in [2.05, 4.69) is 16.0 Å². The molecule has 1 fully saturated rings. The summed E-state index contributed by atoms with van der Waals surface area (Å²) in [6.45, 7) is 4.26. The van der Waals surface area contributed by atoms with Gasteiger partial charge in [0.25, 0.3) is 5.91 Å². The average molecular weight is 321 g/mol. The molecule has 0 unspecified atom stereocenters. The summed E-state index contributed by atoms with van der Waals surface area (Å²) in [5, 5.41) is 8.63. The zero-order valence-electron chi connectivity index (χ0n) is 13.5. The number of hydrogen-bond donors (Lipinski definition) is 3. The Morgan fingerprint density at radius 2 is 2.04 bits per heavy atom. The SMILES string of the molecule is CCNC(=O)COc1ccc(CNC(=O)C2CNC2)cc1OC. The summed E-state index contributed by atoms with van der Waals surface area (Å²) in [4.78, 5) is 23.2. The molecule has 1 aromatic rings. The van der Waals surface area contributed by atoms with Crippen molar-refractivity contribution in [2.24, 2.45) is 5.92 Å². The molecule has 7 nitrogen and oxygen atoms in total. The van der Waals surface area contributed by atoms with Crippen molar-refractivity contribution in [3.63, 3.8) is 0 Å². The fraction of sp³-hybridized carbons (Fsp3) is 0.500. The quantitative estimate of drug-likeness (QED) is 0.629. The van der Waals surface area contributed by atoms with Gasteiger partial charge in [-0.05, 0) is 24.6 Å². The number of rotatable bonds is 8. The maximum absolute atomic E-state index is 11.8. The van der Waals surface area contributed by atoms with Gasteiger partial charge in [-0.1, -0.05) is 6.07 Å². The second kappa shape index (κ2) is 8.38. The van der Waals surface area contributed by atoms with Crippen molar-refractivity contribution in [2.45, 2.75) is 13.5 Å². The smallest absolute Gasteiger partial charge is 0.257 e. The van der Waals surface area contributed by atoms with Crippen molar-refractivity contribution >= 4 is 11.8 Å². The lowest BCUT2D eigenvalue weighted by molar-refractivity contribution is -0.126. The van der Waals surface area contributed by atoms with Crippen molar-refractivity contribution < 1.29 is 19.1 Å². The van der Waals surface area contributed by atoms with Gasteiger partial charge in [-0.25, -0.2) is 0 Å². The van der Waals surface area contributed by atoms with Crippen molar-refractivity contribution in [3.05, 3.63) is 23.8 Å². The predicted molar refractivity (Wildman–Crippen MR) is 85.4 cm³/mol. The van der Waals surface area contributed by atoms with E-state index in [1.54, 1.807) is 12.1 Å². The van der Waals surface area contributed by atoms with E-state index in [4.69, 9.17) is 9.47 Å². The Hall–Kier alpha value is -2.28. The highest BCUT2D eigenvalue weighted by molar-refractivity contribution is 5.80. The summed E-state index contributed by atoms with van der Waals surface area (Å²) in [7, 11) is 1.54. The Bertz CT molecular complexity index is 558. The highest BCUT2D eigenvalue weighted by Crippen LogP contribution is 2.28. The van der Waals surface area contributed by atoms with Gasteiger partial charge < -0.3 is 25.4 Å². The lowest BCUT2D eigenvalue weighted by Crippen LogP contribution is -2.50. The Balaban J connectivity index is 1.90. The van der Waals surface area contributed by atoms with Crippen LogP contribution in [0, 0.1) is 5.92 Å². The van der Waals surface area contributed by atoms with E-state index in [1.165, 1.54) is 7.11 Å². The van der Waals surface area contributed by atoms with Gasteiger partial charge >= 0.3 is 0 Å². The molecule has 23 heavy (non-hydrogen) atoms. The Morgan fingerprint density at radius 3 is 2.65 bits per heavy atom. The molecule has 0 radical (unpaired) electrons. The number of carbonyl (C=O) groups excluding carboxylic acids is 2. The second-order valence-corrected chi connectivity index (χ2v) is 5.30. The standard InChI is InChI=1S/C16H23N3O4/c1-3-18-15(20)10-23-13-5-4-11(6-14(13)22-2)7-19-16(21)12-8-17-9-12/h4-6,12,17H,3,7-10H2,1-2H3,(H,18,20)(H,19,21). The fourth-order valence-electron chi connectivity index (χ4n) is 2.14. The third kappa shape index (κ3) is 4.85. The monoisotopic (exact) mass is 321 g/mol. The van der Waals surface area contributed by atoms with E-state index < -0.39 is 0 Å². The molecular formula is C16H23N3O4. The first-order chi connectivity index (χ1) is 11.1. The van der Waals surface area contributed by atoms with Gasteiger partial charge in [0.15, 0.2) is 18.1 Å². The highest BCUT2D eigenvalue weighted by Gasteiger charge is 2.24. The minimum atomic E-state index is -0.181. The predicted octanol–water partition coefficient (Wildman–Crippen LogP) is 0.0457. The van der Waals surface area contributed by atoms with E-state index in [-0.39, 0.29) is 24.3 Å². The van der Waals surface area contributed by atoms with Crippen LogP contribution in [0.5, 0.6) is 11.5 Å². The summed E-state index contributed by atoms with van der Waals surface area (Å²) >= 11 is 0. The number of ether oxygens (including phenoxy) is 2. The zero-order chi connectivity index (χ0) is 16.7.